The number of aromatic hydroxyl groups is 1. The normalized spacial score (nSPS) is 16.5. The number of alkyl halides is 1. The van der Waals surface area contributed by atoms with Gasteiger partial charge in [0.25, 0.3) is 0 Å². The Hall–Kier alpha value is -0.820. The zero-order chi connectivity index (χ0) is 13.8. The molecule has 0 unspecified atom stereocenters. The van der Waals surface area contributed by atoms with Gasteiger partial charge in [-0.1, -0.05) is 0 Å². The molecule has 1 aliphatic heterocycles. The molecule has 122 valence electrons. The fourth-order valence-electron chi connectivity index (χ4n) is 2.38. The van der Waals surface area contributed by atoms with E-state index in [0.717, 1.165) is 19.2 Å². The van der Waals surface area contributed by atoms with Gasteiger partial charge in [-0.05, 0) is 6.07 Å². The van der Waals surface area contributed by atoms with Crippen LogP contribution in [0.25, 0.3) is 0 Å². The second-order valence-corrected chi connectivity index (χ2v) is 4.50. The minimum atomic E-state index is -0.680. The number of piperazine rings is 1. The zero-order valence-corrected chi connectivity index (χ0v) is 13.3. The number of methoxy groups -OCH3 is 1. The van der Waals surface area contributed by atoms with Crippen LogP contribution in [0.15, 0.2) is 12.1 Å². The van der Waals surface area contributed by atoms with Gasteiger partial charge in [-0.3, -0.25) is 4.90 Å². The lowest BCUT2D eigenvalue weighted by Gasteiger charge is -2.34. The Morgan fingerprint density at radius 3 is 2.48 bits per heavy atom. The van der Waals surface area contributed by atoms with E-state index in [1.54, 1.807) is 0 Å². The first-order valence-electron chi connectivity index (χ1n) is 6.24. The molecule has 1 aromatic carbocycles. The zero-order valence-electron chi connectivity index (χ0n) is 11.6. The van der Waals surface area contributed by atoms with E-state index in [2.05, 4.69) is 5.32 Å². The van der Waals surface area contributed by atoms with E-state index >= 15 is 0 Å². The monoisotopic (exact) mass is 344 g/mol. The van der Waals surface area contributed by atoms with Gasteiger partial charge < -0.3 is 15.2 Å². The lowest BCUT2D eigenvalue weighted by molar-refractivity contribution is 0.144. The third-order valence-corrected chi connectivity index (χ3v) is 3.39. The maximum absolute atomic E-state index is 13.5. The maximum atomic E-state index is 13.5. The van der Waals surface area contributed by atoms with Crippen molar-refractivity contribution >= 4 is 24.8 Å². The van der Waals surface area contributed by atoms with E-state index in [1.807, 2.05) is 4.90 Å². The Morgan fingerprint density at radius 2 is 1.95 bits per heavy atom. The first-order valence-corrected chi connectivity index (χ1v) is 6.24. The van der Waals surface area contributed by atoms with Crippen LogP contribution in [0.3, 0.4) is 0 Å². The highest BCUT2D eigenvalue weighted by Crippen LogP contribution is 2.37. The minimum absolute atomic E-state index is 0. The Labute approximate surface area is 135 Å². The largest absolute Gasteiger partial charge is 0.504 e. The van der Waals surface area contributed by atoms with Crippen LogP contribution in [0.4, 0.5) is 8.78 Å². The molecule has 2 N–H and O–H groups in total. The standard InChI is InChI=1S/C13H18F2N2O2.2ClH/c1-19-12-7-9(15)6-10(13(12)18)11(8-14)17-4-2-16-3-5-17;;/h6-7,11,16,18H,2-5,8H2,1H3;2*1H/t11-;;/m0../s1. The van der Waals surface area contributed by atoms with Crippen LogP contribution in [0.2, 0.25) is 0 Å². The molecule has 0 amide bonds. The molecule has 0 saturated carbocycles. The summed E-state index contributed by atoms with van der Waals surface area (Å²) in [6, 6.07) is 1.61. The van der Waals surface area contributed by atoms with Crippen molar-refractivity contribution in [2.75, 3.05) is 40.0 Å². The second-order valence-electron chi connectivity index (χ2n) is 4.50. The number of rotatable bonds is 4. The summed E-state index contributed by atoms with van der Waals surface area (Å²) in [7, 11) is 1.34. The fourth-order valence-corrected chi connectivity index (χ4v) is 2.38. The predicted molar refractivity (Wildman–Crippen MR) is 82.3 cm³/mol. The van der Waals surface area contributed by atoms with Gasteiger partial charge in [0, 0.05) is 37.8 Å². The highest BCUT2D eigenvalue weighted by Gasteiger charge is 2.26. The summed E-state index contributed by atoms with van der Waals surface area (Å²) in [4.78, 5) is 1.89. The van der Waals surface area contributed by atoms with E-state index in [0.29, 0.717) is 13.1 Å². The van der Waals surface area contributed by atoms with Crippen molar-refractivity contribution < 1.29 is 18.6 Å². The van der Waals surface area contributed by atoms with Crippen LogP contribution in [-0.4, -0.2) is 50.0 Å². The molecule has 0 aromatic heterocycles. The van der Waals surface area contributed by atoms with E-state index in [-0.39, 0.29) is 41.9 Å². The topological polar surface area (TPSA) is 44.7 Å². The number of nitrogens with one attached hydrogen (secondary N) is 1. The number of nitrogens with zero attached hydrogens (tertiary/aromatic N) is 1. The SMILES string of the molecule is COc1cc(F)cc([C@H](CF)N2CCNCC2)c1O.Cl.Cl. The van der Waals surface area contributed by atoms with Crippen molar-refractivity contribution in [1.82, 2.24) is 10.2 Å². The van der Waals surface area contributed by atoms with E-state index < -0.39 is 18.5 Å². The summed E-state index contributed by atoms with van der Waals surface area (Å²) in [6.07, 6.45) is 0. The van der Waals surface area contributed by atoms with Crippen LogP contribution >= 0.6 is 24.8 Å². The second kappa shape index (κ2) is 9.25. The van der Waals surface area contributed by atoms with Crippen LogP contribution < -0.4 is 10.1 Å². The molecule has 0 aliphatic carbocycles. The van der Waals surface area contributed by atoms with Gasteiger partial charge in [-0.25, -0.2) is 8.78 Å². The summed E-state index contributed by atoms with van der Waals surface area (Å²) in [5.74, 6) is -0.702. The number of phenolic OH excluding ortho intramolecular Hbond substituents is 1. The maximum Gasteiger partial charge on any atom is 0.163 e. The summed E-state index contributed by atoms with van der Waals surface area (Å²) in [5, 5.41) is 13.2. The molecule has 21 heavy (non-hydrogen) atoms. The summed E-state index contributed by atoms with van der Waals surface area (Å²) in [6.45, 7) is 2.15. The molecule has 4 nitrogen and oxygen atoms in total. The Kier molecular flexibility index (Phi) is 8.89. The molecule has 2 rings (SSSR count). The number of ether oxygens (including phenoxy) is 1. The Bertz CT molecular complexity index is 446. The molecule has 0 spiro atoms. The average molecular weight is 345 g/mol. The molecule has 8 heteroatoms. The van der Waals surface area contributed by atoms with Crippen molar-refractivity contribution in [3.63, 3.8) is 0 Å². The summed E-state index contributed by atoms with van der Waals surface area (Å²) in [5.41, 5.74) is 0.237. The highest BCUT2D eigenvalue weighted by atomic mass is 35.5. The highest BCUT2D eigenvalue weighted by molar-refractivity contribution is 5.85. The summed E-state index contributed by atoms with van der Waals surface area (Å²) < 4.78 is 31.8. The molecule has 1 atom stereocenters. The van der Waals surface area contributed by atoms with Crippen molar-refractivity contribution in [3.05, 3.63) is 23.5 Å². The van der Waals surface area contributed by atoms with Gasteiger partial charge in [0.05, 0.1) is 13.2 Å². The van der Waals surface area contributed by atoms with Gasteiger partial charge in [0.1, 0.15) is 12.5 Å². The van der Waals surface area contributed by atoms with Crippen molar-refractivity contribution in [2.24, 2.45) is 0 Å². The number of benzene rings is 1. The van der Waals surface area contributed by atoms with Gasteiger partial charge in [-0.15, -0.1) is 24.8 Å². The Balaban J connectivity index is 0.00000200. The first kappa shape index (κ1) is 20.2. The smallest absolute Gasteiger partial charge is 0.163 e. The number of hydrogen-bond acceptors (Lipinski definition) is 4. The van der Waals surface area contributed by atoms with E-state index in [9.17, 15) is 13.9 Å². The molecular formula is C13H20Cl2F2N2O2. The lowest BCUT2D eigenvalue weighted by atomic mass is 10.0. The molecule has 1 heterocycles. The predicted octanol–water partition coefficient (Wildman–Crippen LogP) is 2.30. The van der Waals surface area contributed by atoms with Crippen LogP contribution in [0.5, 0.6) is 11.5 Å². The molecule has 0 bridgehead atoms. The Morgan fingerprint density at radius 1 is 1.33 bits per heavy atom. The third kappa shape index (κ3) is 4.57. The van der Waals surface area contributed by atoms with Crippen LogP contribution in [0, 0.1) is 5.82 Å². The molecule has 1 aliphatic rings. The van der Waals surface area contributed by atoms with E-state index in [1.165, 1.54) is 13.2 Å². The van der Waals surface area contributed by atoms with Crippen molar-refractivity contribution in [1.29, 1.82) is 0 Å². The van der Waals surface area contributed by atoms with Crippen LogP contribution in [-0.2, 0) is 0 Å². The average Bonchev–Trinajstić information content (AvgIpc) is 2.44. The lowest BCUT2D eigenvalue weighted by Crippen LogP contribution is -2.45. The molecule has 0 radical (unpaired) electrons. The van der Waals surface area contributed by atoms with Crippen molar-refractivity contribution in [3.8, 4) is 11.5 Å². The quantitative estimate of drug-likeness (QED) is 0.879. The van der Waals surface area contributed by atoms with Gasteiger partial charge in [-0.2, -0.15) is 0 Å². The third-order valence-electron chi connectivity index (χ3n) is 3.39. The summed E-state index contributed by atoms with van der Waals surface area (Å²) >= 11 is 0. The van der Waals surface area contributed by atoms with Crippen LogP contribution in [0.1, 0.15) is 11.6 Å². The van der Waals surface area contributed by atoms with Crippen molar-refractivity contribution in [2.45, 2.75) is 6.04 Å². The number of phenols is 1. The minimum Gasteiger partial charge on any atom is -0.504 e. The number of halogens is 4. The number of hydrogen-bond donors (Lipinski definition) is 2. The van der Waals surface area contributed by atoms with E-state index in [4.69, 9.17) is 4.74 Å². The molecule has 1 saturated heterocycles. The van der Waals surface area contributed by atoms with Gasteiger partial charge in [0.15, 0.2) is 11.5 Å². The molecular weight excluding hydrogens is 325 g/mol. The molecule has 1 aromatic rings. The van der Waals surface area contributed by atoms with Gasteiger partial charge >= 0.3 is 0 Å². The van der Waals surface area contributed by atoms with Gasteiger partial charge in [0.2, 0.25) is 0 Å². The molecule has 1 fully saturated rings. The first-order chi connectivity index (χ1) is 9.17. The fraction of sp³-hybridized carbons (Fsp3) is 0.538.